The fourth-order valence-corrected chi connectivity index (χ4v) is 5.61. The lowest BCUT2D eigenvalue weighted by atomic mass is 10.0. The zero-order valence-electron chi connectivity index (χ0n) is 13.0. The van der Waals surface area contributed by atoms with Gasteiger partial charge >= 0.3 is 0 Å². The monoisotopic (exact) mass is 329 g/mol. The van der Waals surface area contributed by atoms with Gasteiger partial charge in [-0.1, -0.05) is 19.1 Å². The molecule has 0 amide bonds. The average Bonchev–Trinajstić information content (AvgIpc) is 2.91. The van der Waals surface area contributed by atoms with Crippen LogP contribution in [0.1, 0.15) is 42.6 Å². The number of sulfonamides is 1. The molecule has 1 fully saturated rings. The van der Waals surface area contributed by atoms with Crippen LogP contribution in [0.5, 0.6) is 0 Å². The van der Waals surface area contributed by atoms with E-state index in [1.165, 1.54) is 0 Å². The Hall–Kier alpha value is -1.79. The number of aryl methyl sites for hydroxylation is 1. The van der Waals surface area contributed by atoms with Crippen LogP contribution in [0.25, 0.3) is 0 Å². The van der Waals surface area contributed by atoms with Crippen molar-refractivity contribution < 1.29 is 8.42 Å². The van der Waals surface area contributed by atoms with Crippen LogP contribution in [-0.4, -0.2) is 28.7 Å². The van der Waals surface area contributed by atoms with Crippen LogP contribution in [0.2, 0.25) is 0 Å². The van der Waals surface area contributed by atoms with Crippen molar-refractivity contribution >= 4 is 10.0 Å². The van der Waals surface area contributed by atoms with Crippen molar-refractivity contribution in [2.45, 2.75) is 49.6 Å². The van der Waals surface area contributed by atoms with Gasteiger partial charge in [-0.05, 0) is 37.0 Å². The molecule has 1 saturated heterocycles. The molecule has 6 heteroatoms. The normalized spacial score (nSPS) is 23.7. The number of hydrogen-bond acceptors (Lipinski definition) is 4. The van der Waals surface area contributed by atoms with Gasteiger partial charge in [0.05, 0.1) is 16.6 Å². The minimum absolute atomic E-state index is 0.0123. The van der Waals surface area contributed by atoms with Crippen LogP contribution in [-0.2, 0) is 22.9 Å². The highest BCUT2D eigenvalue weighted by molar-refractivity contribution is 7.89. The standard InChI is InChI=1S/C17H19N3O2S/c1-2-12-3-6-14(7-4-12)23(21,22)20-13-5-8-17(20)15-10-18-11-19-16(15)9-13/h3-4,6-7,10-11,13,17H,2,5,8-9H2,1H3. The fourth-order valence-electron chi connectivity index (χ4n) is 3.76. The molecular weight excluding hydrogens is 310 g/mol. The Kier molecular flexibility index (Phi) is 3.46. The molecule has 1 aromatic carbocycles. The van der Waals surface area contributed by atoms with Gasteiger partial charge in [-0.15, -0.1) is 0 Å². The summed E-state index contributed by atoms with van der Waals surface area (Å²) in [6.45, 7) is 2.06. The first kappa shape index (κ1) is 14.8. The zero-order valence-corrected chi connectivity index (χ0v) is 13.8. The Morgan fingerprint density at radius 2 is 2.00 bits per heavy atom. The molecule has 3 heterocycles. The molecule has 2 aliphatic rings. The maximum atomic E-state index is 13.1. The highest BCUT2D eigenvalue weighted by Gasteiger charge is 2.47. The number of aromatic nitrogens is 2. The Morgan fingerprint density at radius 1 is 1.22 bits per heavy atom. The second kappa shape index (κ2) is 5.39. The summed E-state index contributed by atoms with van der Waals surface area (Å²) < 4.78 is 28.0. The molecule has 2 aromatic rings. The van der Waals surface area contributed by atoms with E-state index in [0.717, 1.165) is 36.1 Å². The van der Waals surface area contributed by atoms with Crippen molar-refractivity contribution in [1.29, 1.82) is 0 Å². The number of hydrogen-bond donors (Lipinski definition) is 0. The molecule has 2 aliphatic heterocycles. The summed E-state index contributed by atoms with van der Waals surface area (Å²) in [4.78, 5) is 8.81. The van der Waals surface area contributed by atoms with Crippen LogP contribution in [0.15, 0.2) is 41.7 Å². The van der Waals surface area contributed by atoms with E-state index >= 15 is 0 Å². The van der Waals surface area contributed by atoms with Crippen molar-refractivity contribution in [2.75, 3.05) is 0 Å². The predicted octanol–water partition coefficient (Wildman–Crippen LogP) is 2.49. The summed E-state index contributed by atoms with van der Waals surface area (Å²) in [6.07, 6.45) is 6.63. The third kappa shape index (κ3) is 2.28. The van der Waals surface area contributed by atoms with Gasteiger partial charge < -0.3 is 0 Å². The lowest BCUT2D eigenvalue weighted by Crippen LogP contribution is -2.42. The molecule has 0 saturated carbocycles. The third-order valence-electron chi connectivity index (χ3n) is 4.96. The van der Waals surface area contributed by atoms with Gasteiger partial charge in [-0.25, -0.2) is 18.4 Å². The highest BCUT2D eigenvalue weighted by Crippen LogP contribution is 2.45. The molecule has 0 N–H and O–H groups in total. The molecule has 4 rings (SSSR count). The van der Waals surface area contributed by atoms with Crippen LogP contribution >= 0.6 is 0 Å². The lowest BCUT2D eigenvalue weighted by Gasteiger charge is -2.34. The average molecular weight is 329 g/mol. The van der Waals surface area contributed by atoms with Gasteiger partial charge in [0.1, 0.15) is 6.33 Å². The van der Waals surface area contributed by atoms with E-state index in [-0.39, 0.29) is 12.1 Å². The Labute approximate surface area is 136 Å². The minimum Gasteiger partial charge on any atom is -0.244 e. The zero-order chi connectivity index (χ0) is 16.0. The summed E-state index contributed by atoms with van der Waals surface area (Å²) in [6, 6.07) is 7.14. The molecule has 120 valence electrons. The number of nitrogens with zero attached hydrogens (tertiary/aromatic N) is 3. The van der Waals surface area contributed by atoms with Crippen molar-refractivity contribution in [1.82, 2.24) is 14.3 Å². The first-order valence-electron chi connectivity index (χ1n) is 8.02. The molecule has 0 radical (unpaired) electrons. The van der Waals surface area contributed by atoms with E-state index in [4.69, 9.17) is 0 Å². The second-order valence-corrected chi connectivity index (χ2v) is 8.05. The quantitative estimate of drug-likeness (QED) is 0.868. The van der Waals surface area contributed by atoms with Crippen molar-refractivity contribution in [3.8, 4) is 0 Å². The van der Waals surface area contributed by atoms with E-state index in [0.29, 0.717) is 11.3 Å². The first-order chi connectivity index (χ1) is 11.1. The molecule has 0 spiro atoms. The summed E-state index contributed by atoms with van der Waals surface area (Å²) in [5, 5.41) is 0. The van der Waals surface area contributed by atoms with Crippen LogP contribution in [0, 0.1) is 0 Å². The molecule has 1 aromatic heterocycles. The van der Waals surface area contributed by atoms with E-state index in [2.05, 4.69) is 16.9 Å². The van der Waals surface area contributed by atoms with Crippen molar-refractivity contribution in [3.63, 3.8) is 0 Å². The Balaban J connectivity index is 1.75. The predicted molar refractivity (Wildman–Crippen MR) is 86.3 cm³/mol. The fraction of sp³-hybridized carbons (Fsp3) is 0.412. The van der Waals surface area contributed by atoms with Gasteiger partial charge in [-0.2, -0.15) is 4.31 Å². The van der Waals surface area contributed by atoms with Gasteiger partial charge in [0.15, 0.2) is 0 Å². The Bertz CT molecular complexity index is 833. The second-order valence-electron chi connectivity index (χ2n) is 6.21. The topological polar surface area (TPSA) is 63.2 Å². The summed E-state index contributed by atoms with van der Waals surface area (Å²) >= 11 is 0. The maximum absolute atomic E-state index is 13.1. The molecule has 5 nitrogen and oxygen atoms in total. The first-order valence-corrected chi connectivity index (χ1v) is 9.46. The molecule has 2 bridgehead atoms. The largest absolute Gasteiger partial charge is 0.244 e. The van der Waals surface area contributed by atoms with E-state index in [1.54, 1.807) is 29.0 Å². The van der Waals surface area contributed by atoms with Gasteiger partial charge in [-0.3, -0.25) is 0 Å². The summed E-state index contributed by atoms with van der Waals surface area (Å²) in [5.41, 5.74) is 3.11. The number of rotatable bonds is 3. The van der Waals surface area contributed by atoms with Crippen molar-refractivity contribution in [3.05, 3.63) is 53.6 Å². The maximum Gasteiger partial charge on any atom is 0.243 e. The summed E-state index contributed by atoms with van der Waals surface area (Å²) in [7, 11) is -3.49. The highest BCUT2D eigenvalue weighted by atomic mass is 32.2. The van der Waals surface area contributed by atoms with E-state index < -0.39 is 10.0 Å². The van der Waals surface area contributed by atoms with E-state index in [1.807, 2.05) is 12.1 Å². The molecule has 2 atom stereocenters. The van der Waals surface area contributed by atoms with E-state index in [9.17, 15) is 8.42 Å². The number of fused-ring (bicyclic) bond motifs is 4. The molecular formula is C17H19N3O2S. The van der Waals surface area contributed by atoms with Gasteiger partial charge in [0, 0.05) is 24.2 Å². The van der Waals surface area contributed by atoms with Crippen LogP contribution in [0.3, 0.4) is 0 Å². The van der Waals surface area contributed by atoms with Crippen LogP contribution in [0.4, 0.5) is 0 Å². The number of benzene rings is 1. The van der Waals surface area contributed by atoms with Gasteiger partial charge in [0.25, 0.3) is 0 Å². The Morgan fingerprint density at radius 3 is 2.74 bits per heavy atom. The lowest BCUT2D eigenvalue weighted by molar-refractivity contribution is 0.300. The molecule has 2 unspecified atom stereocenters. The smallest absolute Gasteiger partial charge is 0.243 e. The van der Waals surface area contributed by atoms with Crippen molar-refractivity contribution in [2.24, 2.45) is 0 Å². The van der Waals surface area contributed by atoms with Gasteiger partial charge in [0.2, 0.25) is 10.0 Å². The molecule has 0 aliphatic carbocycles. The SMILES string of the molecule is CCc1ccc(S(=O)(=O)N2C3CCC2c2cncnc2C3)cc1. The minimum atomic E-state index is -3.49. The third-order valence-corrected chi connectivity index (χ3v) is 6.94. The summed E-state index contributed by atoms with van der Waals surface area (Å²) in [5.74, 6) is 0. The van der Waals surface area contributed by atoms with Crippen LogP contribution < -0.4 is 0 Å². The molecule has 23 heavy (non-hydrogen) atoms.